The number of carbonyl (C=O) groups excluding carboxylic acids is 1. The summed E-state index contributed by atoms with van der Waals surface area (Å²) in [6.45, 7) is 1.91. The Labute approximate surface area is 131 Å². The lowest BCUT2D eigenvalue weighted by Gasteiger charge is -2.14. The van der Waals surface area contributed by atoms with E-state index in [1.54, 1.807) is 12.1 Å². The van der Waals surface area contributed by atoms with Gasteiger partial charge >= 0.3 is 5.97 Å². The third-order valence-corrected chi connectivity index (χ3v) is 3.27. The summed E-state index contributed by atoms with van der Waals surface area (Å²) < 4.78 is 14.2. The zero-order valence-corrected chi connectivity index (χ0v) is 13.2. The zero-order valence-electron chi connectivity index (χ0n) is 11.6. The van der Waals surface area contributed by atoms with Crippen LogP contribution in [0.15, 0.2) is 28.7 Å². The number of halogens is 2. The van der Waals surface area contributed by atoms with Gasteiger partial charge in [0.2, 0.25) is 5.91 Å². The molecule has 0 spiro atoms. The molecule has 1 atom stereocenters. The standard InChI is InChI=1S/C15H17BrFNO3/c1-2-3-12(9-15(20)21)18-14(19)7-4-10-8-11(16)5-6-13(10)17/h4-8,12H,2-3,9H2,1H3,(H,18,19)(H,20,21)/b7-4+. The molecule has 1 aromatic carbocycles. The van der Waals surface area contributed by atoms with Crippen LogP contribution in [-0.2, 0) is 9.59 Å². The van der Waals surface area contributed by atoms with Crippen LogP contribution in [0.25, 0.3) is 6.08 Å². The number of hydrogen-bond donors (Lipinski definition) is 2. The van der Waals surface area contributed by atoms with Crippen molar-refractivity contribution in [3.63, 3.8) is 0 Å². The zero-order chi connectivity index (χ0) is 15.8. The molecule has 0 fully saturated rings. The number of benzene rings is 1. The van der Waals surface area contributed by atoms with Gasteiger partial charge in [-0.15, -0.1) is 0 Å². The van der Waals surface area contributed by atoms with Crippen LogP contribution in [0.1, 0.15) is 31.7 Å². The van der Waals surface area contributed by atoms with E-state index in [-0.39, 0.29) is 12.0 Å². The monoisotopic (exact) mass is 357 g/mol. The maximum Gasteiger partial charge on any atom is 0.305 e. The van der Waals surface area contributed by atoms with Crippen LogP contribution in [0, 0.1) is 5.82 Å². The minimum atomic E-state index is -0.962. The normalized spacial score (nSPS) is 12.3. The minimum absolute atomic E-state index is 0.126. The largest absolute Gasteiger partial charge is 0.481 e. The summed E-state index contributed by atoms with van der Waals surface area (Å²) in [5.41, 5.74) is 0.282. The molecule has 0 aromatic heterocycles. The number of rotatable bonds is 7. The topological polar surface area (TPSA) is 66.4 Å². The first-order valence-corrected chi connectivity index (χ1v) is 7.37. The molecule has 1 rings (SSSR count). The van der Waals surface area contributed by atoms with Crippen molar-refractivity contribution >= 4 is 33.9 Å². The van der Waals surface area contributed by atoms with Gasteiger partial charge in [-0.3, -0.25) is 9.59 Å². The van der Waals surface area contributed by atoms with E-state index in [4.69, 9.17) is 5.11 Å². The molecule has 0 heterocycles. The molecule has 6 heteroatoms. The number of carbonyl (C=O) groups is 2. The van der Waals surface area contributed by atoms with Crippen LogP contribution >= 0.6 is 15.9 Å². The molecule has 0 radical (unpaired) electrons. The van der Waals surface area contributed by atoms with Crippen LogP contribution < -0.4 is 5.32 Å². The summed E-state index contributed by atoms with van der Waals surface area (Å²) in [6, 6.07) is 4.00. The highest BCUT2D eigenvalue weighted by Crippen LogP contribution is 2.16. The fourth-order valence-electron chi connectivity index (χ4n) is 1.84. The van der Waals surface area contributed by atoms with Crippen molar-refractivity contribution in [2.24, 2.45) is 0 Å². The predicted molar refractivity (Wildman–Crippen MR) is 82.2 cm³/mol. The smallest absolute Gasteiger partial charge is 0.305 e. The molecule has 0 bridgehead atoms. The molecule has 0 aliphatic heterocycles. The minimum Gasteiger partial charge on any atom is -0.481 e. The van der Waals surface area contributed by atoms with Crippen molar-refractivity contribution in [2.75, 3.05) is 0 Å². The first-order chi connectivity index (χ1) is 9.92. The SMILES string of the molecule is CCCC(CC(=O)O)NC(=O)/C=C/c1cc(Br)ccc1F. The Morgan fingerprint density at radius 3 is 2.81 bits per heavy atom. The molecule has 0 aliphatic carbocycles. The molecule has 4 nitrogen and oxygen atoms in total. The number of carboxylic acids is 1. The quantitative estimate of drug-likeness (QED) is 0.735. The molecule has 0 saturated heterocycles. The van der Waals surface area contributed by atoms with E-state index < -0.39 is 23.7 Å². The van der Waals surface area contributed by atoms with E-state index in [2.05, 4.69) is 21.2 Å². The van der Waals surface area contributed by atoms with Gasteiger partial charge in [0.1, 0.15) is 5.82 Å². The van der Waals surface area contributed by atoms with Crippen LogP contribution in [0.5, 0.6) is 0 Å². The Bertz CT molecular complexity index is 546. The average Bonchev–Trinajstić information content (AvgIpc) is 2.39. The van der Waals surface area contributed by atoms with Gasteiger partial charge in [0.05, 0.1) is 6.42 Å². The number of nitrogens with one attached hydrogen (secondary N) is 1. The first kappa shape index (κ1) is 17.4. The highest BCUT2D eigenvalue weighted by atomic mass is 79.9. The van der Waals surface area contributed by atoms with Crippen molar-refractivity contribution in [3.8, 4) is 0 Å². The summed E-state index contributed by atoms with van der Waals surface area (Å²) in [7, 11) is 0. The Morgan fingerprint density at radius 2 is 2.19 bits per heavy atom. The lowest BCUT2D eigenvalue weighted by atomic mass is 10.1. The van der Waals surface area contributed by atoms with Gasteiger partial charge in [-0.1, -0.05) is 29.3 Å². The molecule has 114 valence electrons. The number of aliphatic carboxylic acids is 1. The van der Waals surface area contributed by atoms with Crippen molar-refractivity contribution < 1.29 is 19.1 Å². The maximum atomic E-state index is 13.5. The highest BCUT2D eigenvalue weighted by Gasteiger charge is 2.13. The lowest BCUT2D eigenvalue weighted by Crippen LogP contribution is -2.35. The van der Waals surface area contributed by atoms with Crippen LogP contribution in [0.4, 0.5) is 4.39 Å². The fraction of sp³-hybridized carbons (Fsp3) is 0.333. The summed E-state index contributed by atoms with van der Waals surface area (Å²) in [4.78, 5) is 22.5. The molecule has 2 N–H and O–H groups in total. The summed E-state index contributed by atoms with van der Waals surface area (Å²) in [6.07, 6.45) is 3.78. The van der Waals surface area contributed by atoms with Gasteiger partial charge in [0.15, 0.2) is 0 Å². The van der Waals surface area contributed by atoms with E-state index in [0.717, 1.165) is 6.42 Å². The lowest BCUT2D eigenvalue weighted by molar-refractivity contribution is -0.137. The second-order valence-electron chi connectivity index (χ2n) is 4.59. The van der Waals surface area contributed by atoms with Crippen molar-refractivity contribution in [1.29, 1.82) is 0 Å². The summed E-state index contributed by atoms with van der Waals surface area (Å²) in [5.74, 6) is -1.83. The maximum absolute atomic E-state index is 13.5. The molecular formula is C15H17BrFNO3. The third kappa shape index (κ3) is 6.53. The Kier molecular flexibility index (Phi) is 7.08. The van der Waals surface area contributed by atoms with Crippen molar-refractivity contribution in [3.05, 3.63) is 40.1 Å². The second-order valence-corrected chi connectivity index (χ2v) is 5.51. The fourth-order valence-corrected chi connectivity index (χ4v) is 2.22. The van der Waals surface area contributed by atoms with Crippen LogP contribution in [0.2, 0.25) is 0 Å². The van der Waals surface area contributed by atoms with Crippen molar-refractivity contribution in [2.45, 2.75) is 32.2 Å². The van der Waals surface area contributed by atoms with E-state index in [9.17, 15) is 14.0 Å². The molecule has 21 heavy (non-hydrogen) atoms. The average molecular weight is 358 g/mol. The number of carboxylic acid groups (broad SMARTS) is 1. The first-order valence-electron chi connectivity index (χ1n) is 6.57. The van der Waals surface area contributed by atoms with Crippen LogP contribution in [0.3, 0.4) is 0 Å². The third-order valence-electron chi connectivity index (χ3n) is 2.78. The van der Waals surface area contributed by atoms with Gasteiger partial charge in [0, 0.05) is 22.2 Å². The van der Waals surface area contributed by atoms with Gasteiger partial charge in [-0.25, -0.2) is 4.39 Å². The van der Waals surface area contributed by atoms with Gasteiger partial charge in [-0.05, 0) is 30.7 Å². The van der Waals surface area contributed by atoms with E-state index in [0.29, 0.717) is 10.9 Å². The molecule has 1 unspecified atom stereocenters. The second kappa shape index (κ2) is 8.56. The van der Waals surface area contributed by atoms with Crippen molar-refractivity contribution in [1.82, 2.24) is 5.32 Å². The molecule has 0 aliphatic rings. The Balaban J connectivity index is 2.68. The highest BCUT2D eigenvalue weighted by molar-refractivity contribution is 9.10. The number of amides is 1. The Morgan fingerprint density at radius 1 is 1.48 bits per heavy atom. The van der Waals surface area contributed by atoms with Gasteiger partial charge in [-0.2, -0.15) is 0 Å². The van der Waals surface area contributed by atoms with E-state index in [1.807, 2.05) is 6.92 Å². The molecule has 1 amide bonds. The number of hydrogen-bond acceptors (Lipinski definition) is 2. The van der Waals surface area contributed by atoms with Gasteiger partial charge < -0.3 is 10.4 Å². The van der Waals surface area contributed by atoms with E-state index in [1.165, 1.54) is 18.2 Å². The summed E-state index contributed by atoms with van der Waals surface area (Å²) >= 11 is 3.22. The van der Waals surface area contributed by atoms with E-state index >= 15 is 0 Å². The molecular weight excluding hydrogens is 341 g/mol. The summed E-state index contributed by atoms with van der Waals surface area (Å²) in [5, 5.41) is 11.4. The Hall–Kier alpha value is -1.69. The van der Waals surface area contributed by atoms with Crippen LogP contribution in [-0.4, -0.2) is 23.0 Å². The van der Waals surface area contributed by atoms with Gasteiger partial charge in [0.25, 0.3) is 0 Å². The molecule has 0 saturated carbocycles. The molecule has 1 aromatic rings. The predicted octanol–water partition coefficient (Wildman–Crippen LogP) is 3.36.